The van der Waals surface area contributed by atoms with E-state index < -0.39 is 5.41 Å². The van der Waals surface area contributed by atoms with Crippen LogP contribution in [0, 0.1) is 10.8 Å². The van der Waals surface area contributed by atoms with Crippen molar-refractivity contribution in [3.05, 3.63) is 0 Å². The van der Waals surface area contributed by atoms with E-state index in [1.54, 1.807) is 0 Å². The second-order valence-electron chi connectivity index (χ2n) is 8.21. The van der Waals surface area contributed by atoms with E-state index in [4.69, 9.17) is 4.74 Å². The number of carbonyl (C=O) groups is 3. The molecule has 146 valence electrons. The molecule has 0 aliphatic heterocycles. The zero-order valence-electron chi connectivity index (χ0n) is 17.0. The smallest absolute Gasteiger partial charge is 0.312 e. The molecule has 0 unspecified atom stereocenters. The minimum atomic E-state index is -0.606. The van der Waals surface area contributed by atoms with Gasteiger partial charge in [0.05, 0.1) is 5.41 Å². The number of ketones is 1. The summed E-state index contributed by atoms with van der Waals surface area (Å²) in [5, 5.41) is 2.75. The van der Waals surface area contributed by atoms with Crippen LogP contribution in [0.1, 0.15) is 86.5 Å². The van der Waals surface area contributed by atoms with Gasteiger partial charge in [-0.15, -0.1) is 0 Å². The van der Waals surface area contributed by atoms with Crippen LogP contribution >= 0.6 is 0 Å². The molecule has 0 atom stereocenters. The van der Waals surface area contributed by atoms with Crippen molar-refractivity contribution in [1.29, 1.82) is 0 Å². The molecule has 0 fully saturated rings. The van der Waals surface area contributed by atoms with E-state index in [2.05, 4.69) is 26.1 Å². The first-order valence-corrected chi connectivity index (χ1v) is 9.49. The predicted molar refractivity (Wildman–Crippen MR) is 100 cm³/mol. The molecule has 0 bridgehead atoms. The second kappa shape index (κ2) is 11.3. The summed E-state index contributed by atoms with van der Waals surface area (Å²) < 4.78 is 5.19. The van der Waals surface area contributed by atoms with E-state index in [-0.39, 0.29) is 29.7 Å². The van der Waals surface area contributed by atoms with Gasteiger partial charge in [0.2, 0.25) is 0 Å². The fraction of sp³-hybridized carbons (Fsp3) is 0.850. The molecule has 5 heteroatoms. The van der Waals surface area contributed by atoms with E-state index in [0.29, 0.717) is 25.8 Å². The van der Waals surface area contributed by atoms with E-state index in [9.17, 15) is 14.4 Å². The summed E-state index contributed by atoms with van der Waals surface area (Å²) in [6.07, 6.45) is 5.50. The highest BCUT2D eigenvalue weighted by Crippen LogP contribution is 2.36. The van der Waals surface area contributed by atoms with Gasteiger partial charge in [0.25, 0.3) is 5.91 Å². The Morgan fingerprint density at radius 3 is 2.16 bits per heavy atom. The van der Waals surface area contributed by atoms with Crippen molar-refractivity contribution >= 4 is 17.7 Å². The van der Waals surface area contributed by atoms with E-state index in [1.807, 2.05) is 20.8 Å². The Morgan fingerprint density at radius 2 is 1.60 bits per heavy atom. The number of carbonyl (C=O) groups excluding carboxylic acids is 3. The van der Waals surface area contributed by atoms with Crippen molar-refractivity contribution in [3.63, 3.8) is 0 Å². The highest BCUT2D eigenvalue weighted by atomic mass is 16.5. The van der Waals surface area contributed by atoms with Crippen molar-refractivity contribution in [1.82, 2.24) is 5.32 Å². The SMILES string of the molecule is CCC(=O)CCCCCNC(=O)COC(=O)C(C)(C)CC(C)(C)CC. The van der Waals surface area contributed by atoms with Gasteiger partial charge in [0.15, 0.2) is 6.61 Å². The normalized spacial score (nSPS) is 11.9. The molecule has 0 aliphatic rings. The molecule has 0 rings (SSSR count). The Kier molecular flexibility index (Phi) is 10.6. The van der Waals surface area contributed by atoms with Crippen molar-refractivity contribution in [2.24, 2.45) is 10.8 Å². The van der Waals surface area contributed by atoms with Crippen LogP contribution in [0.3, 0.4) is 0 Å². The molecule has 0 radical (unpaired) electrons. The van der Waals surface area contributed by atoms with Gasteiger partial charge in [-0.25, -0.2) is 0 Å². The van der Waals surface area contributed by atoms with Crippen molar-refractivity contribution in [2.45, 2.75) is 86.5 Å². The number of hydrogen-bond donors (Lipinski definition) is 1. The molecule has 1 N–H and O–H groups in total. The van der Waals surface area contributed by atoms with Crippen LogP contribution in [0.15, 0.2) is 0 Å². The predicted octanol–water partition coefficient (Wildman–Crippen LogP) is 4.04. The lowest BCUT2D eigenvalue weighted by molar-refractivity contribution is -0.158. The lowest BCUT2D eigenvalue weighted by Crippen LogP contribution is -2.35. The maximum atomic E-state index is 12.2. The summed E-state index contributed by atoms with van der Waals surface area (Å²) in [4.78, 5) is 35.2. The zero-order chi connectivity index (χ0) is 19.5. The van der Waals surface area contributed by atoms with Gasteiger partial charge in [-0.3, -0.25) is 14.4 Å². The number of nitrogens with one attached hydrogen (secondary N) is 1. The third kappa shape index (κ3) is 11.0. The zero-order valence-corrected chi connectivity index (χ0v) is 17.0. The van der Waals surface area contributed by atoms with Gasteiger partial charge in [-0.2, -0.15) is 0 Å². The molecule has 0 heterocycles. The summed E-state index contributed by atoms with van der Waals surface area (Å²) >= 11 is 0. The first kappa shape index (κ1) is 23.6. The lowest BCUT2D eigenvalue weighted by atomic mass is 9.74. The molecule has 0 saturated carbocycles. The highest BCUT2D eigenvalue weighted by molar-refractivity contribution is 5.82. The van der Waals surface area contributed by atoms with Crippen molar-refractivity contribution in [3.8, 4) is 0 Å². The molecule has 0 aromatic heterocycles. The molecule has 1 amide bonds. The lowest BCUT2D eigenvalue weighted by Gasteiger charge is -2.32. The monoisotopic (exact) mass is 355 g/mol. The maximum absolute atomic E-state index is 12.2. The number of unbranched alkanes of at least 4 members (excludes halogenated alkanes) is 2. The highest BCUT2D eigenvalue weighted by Gasteiger charge is 2.35. The summed E-state index contributed by atoms with van der Waals surface area (Å²) in [5.74, 6) is -0.324. The van der Waals surface area contributed by atoms with Gasteiger partial charge in [-0.05, 0) is 38.5 Å². The van der Waals surface area contributed by atoms with Gasteiger partial charge in [0, 0.05) is 19.4 Å². The van der Waals surface area contributed by atoms with Crippen LogP contribution < -0.4 is 5.32 Å². The Hall–Kier alpha value is -1.39. The number of hydrogen-bond acceptors (Lipinski definition) is 4. The summed E-state index contributed by atoms with van der Waals surface area (Å²) in [6, 6.07) is 0. The van der Waals surface area contributed by atoms with Crippen LogP contribution in [-0.4, -0.2) is 30.8 Å². The molecule has 0 aliphatic carbocycles. The van der Waals surface area contributed by atoms with Gasteiger partial charge in [0.1, 0.15) is 5.78 Å². The van der Waals surface area contributed by atoms with Crippen LogP contribution in [-0.2, 0) is 19.1 Å². The third-order valence-corrected chi connectivity index (χ3v) is 4.61. The van der Waals surface area contributed by atoms with Gasteiger partial charge >= 0.3 is 5.97 Å². The van der Waals surface area contributed by atoms with Crippen LogP contribution in [0.2, 0.25) is 0 Å². The topological polar surface area (TPSA) is 72.5 Å². The van der Waals surface area contributed by atoms with E-state index in [0.717, 1.165) is 25.7 Å². The van der Waals surface area contributed by atoms with Crippen LogP contribution in [0.25, 0.3) is 0 Å². The Morgan fingerprint density at radius 1 is 0.960 bits per heavy atom. The average molecular weight is 356 g/mol. The number of Topliss-reactive ketones (excluding diaryl/α,β-unsaturated/α-hetero) is 1. The molecule has 0 aromatic carbocycles. The van der Waals surface area contributed by atoms with Gasteiger partial charge in [-0.1, -0.05) is 40.5 Å². The largest absolute Gasteiger partial charge is 0.455 e. The van der Waals surface area contributed by atoms with Crippen LogP contribution in [0.5, 0.6) is 0 Å². The molecule has 25 heavy (non-hydrogen) atoms. The van der Waals surface area contributed by atoms with Crippen LogP contribution in [0.4, 0.5) is 0 Å². The Bertz CT molecular complexity index is 441. The van der Waals surface area contributed by atoms with Crippen molar-refractivity contribution < 1.29 is 19.1 Å². The maximum Gasteiger partial charge on any atom is 0.312 e. The van der Waals surface area contributed by atoms with E-state index >= 15 is 0 Å². The van der Waals surface area contributed by atoms with E-state index in [1.165, 1.54) is 0 Å². The molecule has 0 spiro atoms. The fourth-order valence-electron chi connectivity index (χ4n) is 2.80. The standard InChI is InChI=1S/C20H37NO4/c1-7-16(22)12-10-9-11-13-21-17(23)14-25-18(24)20(5,6)15-19(3,4)8-2/h7-15H2,1-6H3,(H,21,23). The van der Waals surface area contributed by atoms with Crippen molar-refractivity contribution in [2.75, 3.05) is 13.2 Å². The summed E-state index contributed by atoms with van der Waals surface area (Å²) in [7, 11) is 0. The third-order valence-electron chi connectivity index (χ3n) is 4.61. The average Bonchev–Trinajstić information content (AvgIpc) is 2.54. The first-order chi connectivity index (χ1) is 11.5. The minimum absolute atomic E-state index is 0.0595. The summed E-state index contributed by atoms with van der Waals surface area (Å²) in [5.41, 5.74) is -0.546. The molecule has 0 saturated heterocycles. The molecular formula is C20H37NO4. The number of ether oxygens (including phenoxy) is 1. The summed E-state index contributed by atoms with van der Waals surface area (Å²) in [6.45, 7) is 12.3. The Labute approximate surface area is 153 Å². The number of esters is 1. The quantitative estimate of drug-likeness (QED) is 0.400. The second-order valence-corrected chi connectivity index (χ2v) is 8.21. The number of amides is 1. The first-order valence-electron chi connectivity index (χ1n) is 9.49. The molecule has 0 aromatic rings. The minimum Gasteiger partial charge on any atom is -0.455 e. The molecule has 5 nitrogen and oxygen atoms in total. The number of rotatable bonds is 13. The molecular weight excluding hydrogens is 318 g/mol. The Balaban J connectivity index is 3.97. The van der Waals surface area contributed by atoms with Gasteiger partial charge < -0.3 is 10.1 Å². The fourth-order valence-corrected chi connectivity index (χ4v) is 2.80.